The van der Waals surface area contributed by atoms with Gasteiger partial charge in [0.05, 0.1) is 12.0 Å². The van der Waals surface area contributed by atoms with Crippen LogP contribution in [0.25, 0.3) is 0 Å². The van der Waals surface area contributed by atoms with E-state index in [4.69, 9.17) is 0 Å². The lowest BCUT2D eigenvalue weighted by molar-refractivity contribution is 0.182. The smallest absolute Gasteiger partial charge is 0.0951 e. The third kappa shape index (κ3) is 3.51. The predicted octanol–water partition coefficient (Wildman–Crippen LogP) is 3.04. The highest BCUT2D eigenvalue weighted by atomic mass is 32.2. The molecule has 0 aliphatic carbocycles. The Morgan fingerprint density at radius 1 is 1.39 bits per heavy atom. The average molecular weight is 267 g/mol. The third-order valence-corrected chi connectivity index (χ3v) is 4.60. The van der Waals surface area contributed by atoms with Gasteiger partial charge in [-0.05, 0) is 57.7 Å². The SMILES string of the molecule is CSCC1CCN(Cc2cncn2C(C)C)CC1. The Bertz CT molecular complexity index is 354. The second-order valence-corrected chi connectivity index (χ2v) is 6.47. The van der Waals surface area contributed by atoms with Crippen LogP contribution in [0.15, 0.2) is 12.5 Å². The second-order valence-electron chi connectivity index (χ2n) is 5.56. The van der Waals surface area contributed by atoms with Gasteiger partial charge in [-0.15, -0.1) is 0 Å². The monoisotopic (exact) mass is 267 g/mol. The van der Waals surface area contributed by atoms with E-state index in [9.17, 15) is 0 Å². The predicted molar refractivity (Wildman–Crippen MR) is 79.0 cm³/mol. The summed E-state index contributed by atoms with van der Waals surface area (Å²) >= 11 is 1.99. The molecule has 0 unspecified atom stereocenters. The van der Waals surface area contributed by atoms with Gasteiger partial charge in [-0.3, -0.25) is 4.90 Å². The van der Waals surface area contributed by atoms with Crippen molar-refractivity contribution in [3.05, 3.63) is 18.2 Å². The average Bonchev–Trinajstić information content (AvgIpc) is 2.80. The van der Waals surface area contributed by atoms with E-state index in [-0.39, 0.29) is 0 Å². The zero-order chi connectivity index (χ0) is 13.0. The number of hydrogen-bond acceptors (Lipinski definition) is 3. The summed E-state index contributed by atoms with van der Waals surface area (Å²) in [4.78, 5) is 6.86. The van der Waals surface area contributed by atoms with Crippen LogP contribution >= 0.6 is 11.8 Å². The lowest BCUT2D eigenvalue weighted by atomic mass is 9.99. The molecule has 18 heavy (non-hydrogen) atoms. The minimum absolute atomic E-state index is 0.511. The topological polar surface area (TPSA) is 21.1 Å². The van der Waals surface area contributed by atoms with E-state index in [1.165, 1.54) is 37.4 Å². The van der Waals surface area contributed by atoms with Gasteiger partial charge >= 0.3 is 0 Å². The molecule has 1 aliphatic rings. The number of likely N-dealkylation sites (tertiary alicyclic amines) is 1. The van der Waals surface area contributed by atoms with Crippen LogP contribution in [0.2, 0.25) is 0 Å². The summed E-state index contributed by atoms with van der Waals surface area (Å²) in [7, 11) is 0. The maximum Gasteiger partial charge on any atom is 0.0951 e. The van der Waals surface area contributed by atoms with Crippen molar-refractivity contribution in [2.24, 2.45) is 5.92 Å². The van der Waals surface area contributed by atoms with Crippen molar-refractivity contribution in [3.63, 3.8) is 0 Å². The van der Waals surface area contributed by atoms with Crippen LogP contribution in [-0.2, 0) is 6.54 Å². The Hall–Kier alpha value is -0.480. The molecule has 0 saturated carbocycles. The summed E-state index contributed by atoms with van der Waals surface area (Å²) in [5.41, 5.74) is 1.35. The molecule has 0 amide bonds. The summed E-state index contributed by atoms with van der Waals surface area (Å²) < 4.78 is 2.29. The second kappa shape index (κ2) is 6.62. The quantitative estimate of drug-likeness (QED) is 0.818. The third-order valence-electron chi connectivity index (χ3n) is 3.80. The van der Waals surface area contributed by atoms with Crippen molar-refractivity contribution in [3.8, 4) is 0 Å². The molecule has 1 aromatic heterocycles. The van der Waals surface area contributed by atoms with E-state index < -0.39 is 0 Å². The van der Waals surface area contributed by atoms with Gasteiger partial charge in [-0.2, -0.15) is 11.8 Å². The van der Waals surface area contributed by atoms with Crippen LogP contribution in [0, 0.1) is 5.92 Å². The molecule has 0 spiro atoms. The maximum absolute atomic E-state index is 4.29. The number of thioether (sulfide) groups is 1. The van der Waals surface area contributed by atoms with E-state index in [0.717, 1.165) is 12.5 Å². The molecule has 1 aromatic rings. The first kappa shape index (κ1) is 13.9. The van der Waals surface area contributed by atoms with Crippen molar-refractivity contribution in [1.82, 2.24) is 14.5 Å². The first-order valence-corrected chi connectivity index (χ1v) is 8.32. The molecule has 2 rings (SSSR count). The van der Waals surface area contributed by atoms with Crippen molar-refractivity contribution in [1.29, 1.82) is 0 Å². The summed E-state index contributed by atoms with van der Waals surface area (Å²) in [6.07, 6.45) is 8.91. The molecule has 0 aromatic carbocycles. The number of piperidine rings is 1. The Balaban J connectivity index is 1.86. The fraction of sp³-hybridized carbons (Fsp3) is 0.786. The molecule has 0 bridgehead atoms. The summed E-state index contributed by atoms with van der Waals surface area (Å²) in [5, 5.41) is 0. The van der Waals surface area contributed by atoms with Crippen LogP contribution in [0.4, 0.5) is 0 Å². The zero-order valence-corrected chi connectivity index (χ0v) is 12.6. The molecule has 102 valence electrons. The highest BCUT2D eigenvalue weighted by molar-refractivity contribution is 7.98. The van der Waals surface area contributed by atoms with Crippen LogP contribution in [0.3, 0.4) is 0 Å². The standard InChI is InChI=1S/C14H25N3S/c1-12(2)17-11-15-8-14(17)9-16-6-4-13(5-7-16)10-18-3/h8,11-13H,4-7,9-10H2,1-3H3. The Morgan fingerprint density at radius 2 is 2.11 bits per heavy atom. The van der Waals surface area contributed by atoms with Crippen LogP contribution in [0.1, 0.15) is 38.4 Å². The van der Waals surface area contributed by atoms with Gasteiger partial charge in [0.1, 0.15) is 0 Å². The lowest BCUT2D eigenvalue weighted by Gasteiger charge is -2.31. The van der Waals surface area contributed by atoms with Gasteiger partial charge < -0.3 is 4.57 Å². The summed E-state index contributed by atoms with van der Waals surface area (Å²) in [6, 6.07) is 0.511. The van der Waals surface area contributed by atoms with Crippen LogP contribution in [-0.4, -0.2) is 39.5 Å². The number of aromatic nitrogens is 2. The fourth-order valence-electron chi connectivity index (χ4n) is 2.70. The zero-order valence-electron chi connectivity index (χ0n) is 11.8. The van der Waals surface area contributed by atoms with Crippen molar-refractivity contribution < 1.29 is 0 Å². The van der Waals surface area contributed by atoms with Crippen LogP contribution in [0.5, 0.6) is 0 Å². The first-order chi connectivity index (χ1) is 8.70. The van der Waals surface area contributed by atoms with E-state index in [1.807, 2.05) is 24.3 Å². The number of rotatable bonds is 5. The first-order valence-electron chi connectivity index (χ1n) is 6.92. The molecule has 0 N–H and O–H groups in total. The van der Waals surface area contributed by atoms with Gasteiger partial charge in [0.2, 0.25) is 0 Å². The molecule has 0 atom stereocenters. The summed E-state index contributed by atoms with van der Waals surface area (Å²) in [5.74, 6) is 2.27. The molecule has 4 heteroatoms. The molecule has 2 heterocycles. The highest BCUT2D eigenvalue weighted by Gasteiger charge is 2.19. The molecular formula is C14H25N3S. The Kier molecular flexibility index (Phi) is 5.13. The molecule has 0 radical (unpaired) electrons. The number of imidazole rings is 1. The summed E-state index contributed by atoms with van der Waals surface area (Å²) in [6.45, 7) is 7.99. The van der Waals surface area contributed by atoms with E-state index in [2.05, 4.69) is 34.6 Å². The molecule has 1 fully saturated rings. The molecule has 3 nitrogen and oxygen atoms in total. The van der Waals surface area contributed by atoms with Gasteiger partial charge in [0, 0.05) is 18.8 Å². The molecule has 1 aliphatic heterocycles. The Labute approximate surface area is 115 Å². The lowest BCUT2D eigenvalue weighted by Crippen LogP contribution is -2.34. The van der Waals surface area contributed by atoms with Gasteiger partial charge in [-0.1, -0.05) is 0 Å². The van der Waals surface area contributed by atoms with E-state index >= 15 is 0 Å². The minimum Gasteiger partial charge on any atom is -0.331 e. The number of hydrogen-bond donors (Lipinski definition) is 0. The highest BCUT2D eigenvalue weighted by Crippen LogP contribution is 2.22. The van der Waals surface area contributed by atoms with Gasteiger partial charge in [0.25, 0.3) is 0 Å². The van der Waals surface area contributed by atoms with Gasteiger partial charge in [0.15, 0.2) is 0 Å². The van der Waals surface area contributed by atoms with Crippen molar-refractivity contribution >= 4 is 11.8 Å². The van der Waals surface area contributed by atoms with Crippen molar-refractivity contribution in [2.45, 2.75) is 39.3 Å². The Morgan fingerprint density at radius 3 is 2.72 bits per heavy atom. The van der Waals surface area contributed by atoms with E-state index in [0.29, 0.717) is 6.04 Å². The van der Waals surface area contributed by atoms with Gasteiger partial charge in [-0.25, -0.2) is 4.98 Å². The normalized spacial score (nSPS) is 18.7. The molecular weight excluding hydrogens is 242 g/mol. The molecule has 1 saturated heterocycles. The van der Waals surface area contributed by atoms with E-state index in [1.54, 1.807) is 0 Å². The maximum atomic E-state index is 4.29. The van der Waals surface area contributed by atoms with Crippen LogP contribution < -0.4 is 0 Å². The largest absolute Gasteiger partial charge is 0.331 e. The van der Waals surface area contributed by atoms with Crippen molar-refractivity contribution in [2.75, 3.05) is 25.1 Å². The fourth-order valence-corrected chi connectivity index (χ4v) is 3.50. The minimum atomic E-state index is 0.511. The number of nitrogens with zero attached hydrogens (tertiary/aromatic N) is 3.